The maximum Gasteiger partial charge on any atom is 0.244 e. The molecule has 1 amide bonds. The number of carbonyl (C=O) groups excluding carboxylic acids is 2. The smallest absolute Gasteiger partial charge is 0.244 e. The van der Waals surface area contributed by atoms with Gasteiger partial charge in [0.05, 0.1) is 13.7 Å². The van der Waals surface area contributed by atoms with Crippen LogP contribution in [0, 0.1) is 0 Å². The molecular formula is C15H17NO3. The molecule has 0 unspecified atom stereocenters. The van der Waals surface area contributed by atoms with Gasteiger partial charge in [-0.1, -0.05) is 18.2 Å². The Hall–Kier alpha value is -2.36. The van der Waals surface area contributed by atoms with E-state index in [0.717, 1.165) is 0 Å². The molecular weight excluding hydrogens is 242 g/mol. The normalized spacial score (nSPS) is 10.8. The Kier molecular flexibility index (Phi) is 6.09. The molecule has 0 atom stereocenters. The lowest BCUT2D eigenvalue weighted by Crippen LogP contribution is -2.27. The van der Waals surface area contributed by atoms with Crippen molar-refractivity contribution in [1.82, 2.24) is 5.32 Å². The maximum absolute atomic E-state index is 11.8. The van der Waals surface area contributed by atoms with Crippen molar-refractivity contribution in [1.29, 1.82) is 0 Å². The minimum Gasteiger partial charge on any atom is -0.497 e. The molecule has 0 aliphatic heterocycles. The van der Waals surface area contributed by atoms with E-state index in [9.17, 15) is 9.59 Å². The van der Waals surface area contributed by atoms with Gasteiger partial charge in [0.15, 0.2) is 5.78 Å². The summed E-state index contributed by atoms with van der Waals surface area (Å²) in [7, 11) is 1.56. The summed E-state index contributed by atoms with van der Waals surface area (Å²) in [5, 5.41) is 2.53. The number of hydrogen-bond donors (Lipinski definition) is 1. The number of nitrogens with one attached hydrogen (secondary N) is 1. The van der Waals surface area contributed by atoms with Gasteiger partial charge in [-0.25, -0.2) is 0 Å². The van der Waals surface area contributed by atoms with E-state index < -0.39 is 0 Å². The molecule has 4 nitrogen and oxygen atoms in total. The van der Waals surface area contributed by atoms with E-state index in [1.807, 2.05) is 13.0 Å². The summed E-state index contributed by atoms with van der Waals surface area (Å²) in [6, 6.07) is 6.76. The van der Waals surface area contributed by atoms with Crippen LogP contribution in [0.5, 0.6) is 5.75 Å². The molecule has 0 bridgehead atoms. The van der Waals surface area contributed by atoms with Crippen LogP contribution in [0.1, 0.15) is 17.3 Å². The summed E-state index contributed by atoms with van der Waals surface area (Å²) < 4.78 is 5.01. The number of rotatable bonds is 6. The van der Waals surface area contributed by atoms with Crippen molar-refractivity contribution in [3.05, 3.63) is 54.1 Å². The second kappa shape index (κ2) is 7.87. The van der Waals surface area contributed by atoms with Gasteiger partial charge >= 0.3 is 0 Å². The van der Waals surface area contributed by atoms with Gasteiger partial charge in [-0.05, 0) is 31.2 Å². The Morgan fingerprint density at radius 1 is 1.21 bits per heavy atom. The number of Topliss-reactive ketones (excluding diaryl/α,β-unsaturated/α-hetero) is 1. The second-order valence-corrected chi connectivity index (χ2v) is 3.75. The van der Waals surface area contributed by atoms with Crippen molar-refractivity contribution in [2.24, 2.45) is 0 Å². The number of methoxy groups -OCH3 is 1. The molecule has 0 aromatic heterocycles. The number of ether oxygens (including phenoxy) is 1. The highest BCUT2D eigenvalue weighted by Gasteiger charge is 2.06. The molecule has 0 aliphatic carbocycles. The van der Waals surface area contributed by atoms with E-state index in [0.29, 0.717) is 11.3 Å². The van der Waals surface area contributed by atoms with Crippen LogP contribution in [0.4, 0.5) is 0 Å². The summed E-state index contributed by atoms with van der Waals surface area (Å²) in [6.07, 6.45) is 6.55. The molecule has 1 N–H and O–H groups in total. The first-order valence-corrected chi connectivity index (χ1v) is 5.92. The number of allylic oxidation sites excluding steroid dienone is 3. The quantitative estimate of drug-likeness (QED) is 0.483. The average molecular weight is 259 g/mol. The minimum atomic E-state index is -0.292. The van der Waals surface area contributed by atoms with Gasteiger partial charge in [0.1, 0.15) is 5.75 Å². The van der Waals surface area contributed by atoms with Crippen LogP contribution in [-0.2, 0) is 4.79 Å². The van der Waals surface area contributed by atoms with Crippen LogP contribution in [-0.4, -0.2) is 25.3 Å². The third-order valence-electron chi connectivity index (χ3n) is 2.39. The van der Waals surface area contributed by atoms with Gasteiger partial charge in [-0.3, -0.25) is 9.59 Å². The van der Waals surface area contributed by atoms with Crippen LogP contribution < -0.4 is 10.1 Å². The predicted molar refractivity (Wildman–Crippen MR) is 74.3 cm³/mol. The molecule has 1 aromatic rings. The lowest BCUT2D eigenvalue weighted by Gasteiger charge is -2.03. The molecule has 100 valence electrons. The van der Waals surface area contributed by atoms with Crippen molar-refractivity contribution in [2.45, 2.75) is 6.92 Å². The first kappa shape index (κ1) is 14.7. The third-order valence-corrected chi connectivity index (χ3v) is 2.39. The van der Waals surface area contributed by atoms with Crippen molar-refractivity contribution in [3.8, 4) is 5.75 Å². The van der Waals surface area contributed by atoms with E-state index in [1.165, 1.54) is 6.08 Å². The molecule has 4 heteroatoms. The van der Waals surface area contributed by atoms with E-state index in [4.69, 9.17) is 4.74 Å². The van der Waals surface area contributed by atoms with Crippen LogP contribution in [0.25, 0.3) is 0 Å². The summed E-state index contributed by atoms with van der Waals surface area (Å²) in [5.41, 5.74) is 0.540. The second-order valence-electron chi connectivity index (χ2n) is 3.75. The van der Waals surface area contributed by atoms with Crippen molar-refractivity contribution in [3.63, 3.8) is 0 Å². The zero-order valence-electron chi connectivity index (χ0n) is 11.1. The molecule has 1 aromatic carbocycles. The van der Waals surface area contributed by atoms with E-state index in [1.54, 1.807) is 43.5 Å². The highest BCUT2D eigenvalue weighted by atomic mass is 16.5. The van der Waals surface area contributed by atoms with Gasteiger partial charge in [-0.15, -0.1) is 0 Å². The number of benzene rings is 1. The van der Waals surface area contributed by atoms with Crippen LogP contribution in [0.15, 0.2) is 48.6 Å². The lowest BCUT2D eigenvalue weighted by atomic mass is 10.1. The molecule has 1 rings (SSSR count). The van der Waals surface area contributed by atoms with Gasteiger partial charge < -0.3 is 10.1 Å². The number of carbonyl (C=O) groups is 2. The molecule has 0 fully saturated rings. The third kappa shape index (κ3) is 5.21. The van der Waals surface area contributed by atoms with E-state index in [2.05, 4.69) is 5.32 Å². The Balaban J connectivity index is 2.48. The van der Waals surface area contributed by atoms with Gasteiger partial charge in [0, 0.05) is 11.6 Å². The van der Waals surface area contributed by atoms with Crippen LogP contribution in [0.2, 0.25) is 0 Å². The summed E-state index contributed by atoms with van der Waals surface area (Å²) in [6.45, 7) is 1.83. The molecule has 0 heterocycles. The van der Waals surface area contributed by atoms with Crippen LogP contribution in [0.3, 0.4) is 0 Å². The monoisotopic (exact) mass is 259 g/mol. The number of ketones is 1. The highest BCUT2D eigenvalue weighted by Crippen LogP contribution is 2.11. The Morgan fingerprint density at radius 3 is 2.47 bits per heavy atom. The van der Waals surface area contributed by atoms with Crippen molar-refractivity contribution < 1.29 is 14.3 Å². The SMILES string of the molecule is CC=CC=CC(=O)NCC(=O)c1ccc(OC)cc1. The summed E-state index contributed by atoms with van der Waals surface area (Å²) in [4.78, 5) is 23.1. The summed E-state index contributed by atoms with van der Waals surface area (Å²) >= 11 is 0. The molecule has 0 aliphatic rings. The zero-order valence-corrected chi connectivity index (χ0v) is 11.1. The maximum atomic E-state index is 11.8. The Morgan fingerprint density at radius 2 is 1.89 bits per heavy atom. The fraction of sp³-hybridized carbons (Fsp3) is 0.200. The molecule has 0 saturated heterocycles. The fourth-order valence-corrected chi connectivity index (χ4v) is 1.36. The first-order valence-electron chi connectivity index (χ1n) is 5.92. The lowest BCUT2D eigenvalue weighted by molar-refractivity contribution is -0.116. The zero-order chi connectivity index (χ0) is 14.1. The molecule has 0 radical (unpaired) electrons. The molecule has 19 heavy (non-hydrogen) atoms. The fourth-order valence-electron chi connectivity index (χ4n) is 1.36. The van der Waals surface area contributed by atoms with Crippen molar-refractivity contribution in [2.75, 3.05) is 13.7 Å². The Labute approximate surface area is 112 Å². The van der Waals surface area contributed by atoms with Crippen LogP contribution >= 0.6 is 0 Å². The molecule has 0 spiro atoms. The predicted octanol–water partition coefficient (Wildman–Crippen LogP) is 2.13. The molecule has 0 saturated carbocycles. The topological polar surface area (TPSA) is 55.4 Å². The summed E-state index contributed by atoms with van der Waals surface area (Å²) in [5.74, 6) is 0.255. The van der Waals surface area contributed by atoms with Gasteiger partial charge in [-0.2, -0.15) is 0 Å². The van der Waals surface area contributed by atoms with E-state index in [-0.39, 0.29) is 18.2 Å². The number of amides is 1. The highest BCUT2D eigenvalue weighted by molar-refractivity contribution is 6.00. The van der Waals surface area contributed by atoms with Crippen molar-refractivity contribution >= 4 is 11.7 Å². The first-order chi connectivity index (χ1) is 9.17. The Bertz CT molecular complexity index is 487. The minimum absolute atomic E-state index is 0.0225. The standard InChI is InChI=1S/C15H17NO3/c1-3-4-5-6-15(18)16-11-14(17)12-7-9-13(19-2)10-8-12/h3-10H,11H2,1-2H3,(H,16,18). The number of hydrogen-bond acceptors (Lipinski definition) is 3. The average Bonchev–Trinajstić information content (AvgIpc) is 2.45. The largest absolute Gasteiger partial charge is 0.497 e. The van der Waals surface area contributed by atoms with Gasteiger partial charge in [0.25, 0.3) is 0 Å². The van der Waals surface area contributed by atoms with E-state index >= 15 is 0 Å². The van der Waals surface area contributed by atoms with Gasteiger partial charge in [0.2, 0.25) is 5.91 Å².